The zero-order chi connectivity index (χ0) is 19.8. The van der Waals surface area contributed by atoms with E-state index in [9.17, 15) is 9.59 Å². The Bertz CT molecular complexity index is 656. The first-order valence-corrected chi connectivity index (χ1v) is 9.94. The molecule has 27 heavy (non-hydrogen) atoms. The molecule has 0 atom stereocenters. The molecule has 1 aromatic carbocycles. The van der Waals surface area contributed by atoms with Crippen LogP contribution < -0.4 is 9.47 Å². The first kappa shape index (κ1) is 21.4. The number of unbranched alkanes of at least 4 members (excludes halogenated alkanes) is 1. The van der Waals surface area contributed by atoms with Crippen molar-refractivity contribution in [1.29, 1.82) is 0 Å². The highest BCUT2D eigenvalue weighted by Crippen LogP contribution is 2.37. The lowest BCUT2D eigenvalue weighted by Gasteiger charge is -2.31. The number of carboxylic acid groups (broad SMARTS) is 1. The summed E-state index contributed by atoms with van der Waals surface area (Å²) in [5.41, 5.74) is 0.461. The third-order valence-corrected chi connectivity index (χ3v) is 4.95. The number of nitrogens with zero attached hydrogens (tertiary/aromatic N) is 1. The van der Waals surface area contributed by atoms with Gasteiger partial charge in [0.05, 0.1) is 18.2 Å². The highest BCUT2D eigenvalue weighted by atomic mass is 35.5. The van der Waals surface area contributed by atoms with Crippen LogP contribution in [0.4, 0.5) is 0 Å². The minimum Gasteiger partial charge on any atom is -0.490 e. The van der Waals surface area contributed by atoms with Crippen molar-refractivity contribution in [2.45, 2.75) is 46.0 Å². The summed E-state index contributed by atoms with van der Waals surface area (Å²) in [6.45, 7) is 6.03. The van der Waals surface area contributed by atoms with E-state index in [1.807, 2.05) is 6.92 Å². The van der Waals surface area contributed by atoms with Crippen LogP contribution in [0.2, 0.25) is 5.02 Å². The van der Waals surface area contributed by atoms with E-state index >= 15 is 0 Å². The van der Waals surface area contributed by atoms with Crippen molar-refractivity contribution in [1.82, 2.24) is 4.90 Å². The molecular weight excluding hydrogens is 370 g/mol. The maximum atomic E-state index is 12.9. The third-order valence-electron chi connectivity index (χ3n) is 4.67. The molecule has 0 aliphatic carbocycles. The van der Waals surface area contributed by atoms with Crippen LogP contribution in [0.1, 0.15) is 56.3 Å². The molecule has 0 unspecified atom stereocenters. The number of carboxylic acids is 1. The first-order chi connectivity index (χ1) is 13.0. The van der Waals surface area contributed by atoms with E-state index in [-0.39, 0.29) is 18.2 Å². The van der Waals surface area contributed by atoms with Gasteiger partial charge in [-0.15, -0.1) is 0 Å². The largest absolute Gasteiger partial charge is 0.490 e. The molecular formula is C20H28ClNO5. The van der Waals surface area contributed by atoms with Gasteiger partial charge in [-0.05, 0) is 44.2 Å². The van der Waals surface area contributed by atoms with E-state index in [0.29, 0.717) is 61.2 Å². The van der Waals surface area contributed by atoms with Gasteiger partial charge >= 0.3 is 5.97 Å². The molecule has 1 aliphatic heterocycles. The van der Waals surface area contributed by atoms with Crippen LogP contribution in [0.3, 0.4) is 0 Å². The summed E-state index contributed by atoms with van der Waals surface area (Å²) in [4.78, 5) is 25.5. The normalized spacial score (nSPS) is 14.9. The fourth-order valence-electron chi connectivity index (χ4n) is 3.18. The van der Waals surface area contributed by atoms with Crippen molar-refractivity contribution in [2.75, 3.05) is 26.3 Å². The molecule has 1 saturated heterocycles. The van der Waals surface area contributed by atoms with Gasteiger partial charge in [-0.25, -0.2) is 0 Å². The molecule has 0 radical (unpaired) electrons. The monoisotopic (exact) mass is 397 g/mol. The molecule has 7 heteroatoms. The second-order valence-electron chi connectivity index (χ2n) is 6.75. The topological polar surface area (TPSA) is 76.1 Å². The Morgan fingerprint density at radius 3 is 2.52 bits per heavy atom. The van der Waals surface area contributed by atoms with Crippen LogP contribution in [0.5, 0.6) is 11.5 Å². The minimum absolute atomic E-state index is 0.119. The van der Waals surface area contributed by atoms with Gasteiger partial charge < -0.3 is 19.5 Å². The molecule has 1 N–H and O–H groups in total. The van der Waals surface area contributed by atoms with Crippen molar-refractivity contribution >= 4 is 23.5 Å². The SMILES string of the molecule is CCCCOc1c(Cl)cc(C(=O)N2CCC(CC(=O)O)CC2)cc1OCC. The average molecular weight is 398 g/mol. The van der Waals surface area contributed by atoms with Gasteiger partial charge in [-0.2, -0.15) is 0 Å². The highest BCUT2D eigenvalue weighted by molar-refractivity contribution is 6.32. The molecule has 0 bridgehead atoms. The van der Waals surface area contributed by atoms with Gasteiger partial charge in [0, 0.05) is 25.1 Å². The summed E-state index contributed by atoms with van der Waals surface area (Å²) in [5, 5.41) is 9.27. The van der Waals surface area contributed by atoms with Crippen molar-refractivity contribution in [3.63, 3.8) is 0 Å². The standard InChI is InChI=1S/C20H28ClNO5/c1-3-5-10-27-19-16(21)12-15(13-17(19)26-4-2)20(25)22-8-6-14(7-9-22)11-18(23)24/h12-14H,3-11H2,1-2H3,(H,23,24). The summed E-state index contributed by atoms with van der Waals surface area (Å²) in [7, 11) is 0. The number of ether oxygens (including phenoxy) is 2. The fourth-order valence-corrected chi connectivity index (χ4v) is 3.45. The quantitative estimate of drug-likeness (QED) is 0.630. The molecule has 1 fully saturated rings. The van der Waals surface area contributed by atoms with E-state index in [2.05, 4.69) is 6.92 Å². The van der Waals surface area contributed by atoms with E-state index in [1.54, 1.807) is 17.0 Å². The number of amides is 1. The van der Waals surface area contributed by atoms with Gasteiger partial charge in [-0.3, -0.25) is 9.59 Å². The number of benzene rings is 1. The smallest absolute Gasteiger partial charge is 0.303 e. The Labute approximate surface area is 165 Å². The summed E-state index contributed by atoms with van der Waals surface area (Å²) in [6, 6.07) is 3.30. The molecule has 0 aromatic heterocycles. The lowest BCUT2D eigenvalue weighted by molar-refractivity contribution is -0.138. The summed E-state index contributed by atoms with van der Waals surface area (Å²) in [5.74, 6) is 0.177. The van der Waals surface area contributed by atoms with E-state index in [1.165, 1.54) is 0 Å². The fraction of sp³-hybridized carbons (Fsp3) is 0.600. The van der Waals surface area contributed by atoms with Crippen LogP contribution in [0, 0.1) is 5.92 Å². The predicted octanol–water partition coefficient (Wildman–Crippen LogP) is 4.24. The molecule has 6 nitrogen and oxygen atoms in total. The third kappa shape index (κ3) is 6.03. The van der Waals surface area contributed by atoms with Crippen molar-refractivity contribution in [2.24, 2.45) is 5.92 Å². The number of hydrogen-bond donors (Lipinski definition) is 1. The second-order valence-corrected chi connectivity index (χ2v) is 7.16. The van der Waals surface area contributed by atoms with Gasteiger partial charge in [0.2, 0.25) is 0 Å². The maximum Gasteiger partial charge on any atom is 0.303 e. The predicted molar refractivity (Wildman–Crippen MR) is 104 cm³/mol. The Morgan fingerprint density at radius 2 is 1.93 bits per heavy atom. The average Bonchev–Trinajstić information content (AvgIpc) is 2.63. The van der Waals surface area contributed by atoms with Crippen molar-refractivity contribution in [3.8, 4) is 11.5 Å². The number of rotatable bonds is 9. The van der Waals surface area contributed by atoms with E-state index in [0.717, 1.165) is 12.8 Å². The van der Waals surface area contributed by atoms with E-state index < -0.39 is 5.97 Å². The van der Waals surface area contributed by atoms with E-state index in [4.69, 9.17) is 26.2 Å². The number of carbonyl (C=O) groups is 2. The Hall–Kier alpha value is -1.95. The number of aliphatic carboxylic acids is 1. The number of likely N-dealkylation sites (tertiary alicyclic amines) is 1. The Morgan fingerprint density at radius 1 is 1.22 bits per heavy atom. The maximum absolute atomic E-state index is 12.9. The van der Waals surface area contributed by atoms with Crippen LogP contribution >= 0.6 is 11.6 Å². The molecule has 1 heterocycles. The number of hydrogen-bond acceptors (Lipinski definition) is 4. The van der Waals surface area contributed by atoms with Gasteiger partial charge in [0.25, 0.3) is 5.91 Å². The number of carbonyl (C=O) groups excluding carboxylic acids is 1. The molecule has 150 valence electrons. The highest BCUT2D eigenvalue weighted by Gasteiger charge is 2.26. The second kappa shape index (κ2) is 10.4. The summed E-state index contributed by atoms with van der Waals surface area (Å²) >= 11 is 6.37. The zero-order valence-electron chi connectivity index (χ0n) is 16.0. The first-order valence-electron chi connectivity index (χ1n) is 9.56. The summed E-state index contributed by atoms with van der Waals surface area (Å²) < 4.78 is 11.4. The van der Waals surface area contributed by atoms with Gasteiger partial charge in [-0.1, -0.05) is 24.9 Å². The van der Waals surface area contributed by atoms with Gasteiger partial charge in [0.15, 0.2) is 11.5 Å². The lowest BCUT2D eigenvalue weighted by Crippen LogP contribution is -2.38. The number of piperidine rings is 1. The molecule has 1 aliphatic rings. The Balaban J connectivity index is 2.10. The number of halogens is 1. The Kier molecular flexibility index (Phi) is 8.23. The van der Waals surface area contributed by atoms with Crippen LogP contribution in [-0.2, 0) is 4.79 Å². The molecule has 2 rings (SSSR count). The molecule has 0 spiro atoms. The summed E-state index contributed by atoms with van der Waals surface area (Å²) in [6.07, 6.45) is 3.47. The van der Waals surface area contributed by atoms with Crippen molar-refractivity contribution in [3.05, 3.63) is 22.7 Å². The molecule has 0 saturated carbocycles. The van der Waals surface area contributed by atoms with Gasteiger partial charge in [0.1, 0.15) is 0 Å². The molecule has 1 aromatic rings. The van der Waals surface area contributed by atoms with Crippen molar-refractivity contribution < 1.29 is 24.2 Å². The molecule has 1 amide bonds. The minimum atomic E-state index is -0.786. The zero-order valence-corrected chi connectivity index (χ0v) is 16.8. The van der Waals surface area contributed by atoms with Crippen LogP contribution in [0.25, 0.3) is 0 Å². The van der Waals surface area contributed by atoms with Crippen LogP contribution in [0.15, 0.2) is 12.1 Å². The lowest BCUT2D eigenvalue weighted by atomic mass is 9.93. The van der Waals surface area contributed by atoms with Crippen LogP contribution in [-0.4, -0.2) is 48.2 Å².